The fourth-order valence-electron chi connectivity index (χ4n) is 3.99. The summed E-state index contributed by atoms with van der Waals surface area (Å²) in [5.74, 6) is 3.47. The maximum atomic E-state index is 8.74. The van der Waals surface area contributed by atoms with Crippen LogP contribution in [0.2, 0.25) is 0 Å². The molecule has 1 saturated carbocycles. The fraction of sp³-hybridized carbons (Fsp3) is 0.444. The van der Waals surface area contributed by atoms with Gasteiger partial charge in [0, 0.05) is 43.9 Å². The molecule has 27 heavy (non-hydrogen) atoms. The quantitative estimate of drug-likeness (QED) is 0.604. The van der Waals surface area contributed by atoms with Gasteiger partial charge in [-0.1, -0.05) is 0 Å². The summed E-state index contributed by atoms with van der Waals surface area (Å²) in [5, 5.41) is 25.8. The Labute approximate surface area is 160 Å². The van der Waals surface area contributed by atoms with Gasteiger partial charge >= 0.3 is 0 Å². The molecule has 8 nitrogen and oxygen atoms in total. The first-order valence-electron chi connectivity index (χ1n) is 9.11. The van der Waals surface area contributed by atoms with Crippen LogP contribution >= 0.6 is 11.3 Å². The zero-order valence-corrected chi connectivity index (χ0v) is 15.8. The second-order valence-corrected chi connectivity index (χ2v) is 8.16. The molecular weight excluding hydrogens is 360 g/mol. The molecular formula is C18H20N8S. The van der Waals surface area contributed by atoms with Crippen molar-refractivity contribution in [1.82, 2.24) is 25.1 Å². The number of hydrogen-bond donors (Lipinski definition) is 3. The largest absolute Gasteiger partial charge is 0.351 e. The minimum atomic E-state index is 0.432. The van der Waals surface area contributed by atoms with E-state index in [1.54, 1.807) is 11.3 Å². The van der Waals surface area contributed by atoms with Crippen molar-refractivity contribution in [2.75, 3.05) is 30.3 Å². The van der Waals surface area contributed by atoms with Crippen LogP contribution in [0.15, 0.2) is 17.5 Å². The van der Waals surface area contributed by atoms with E-state index in [0.29, 0.717) is 30.2 Å². The van der Waals surface area contributed by atoms with E-state index in [9.17, 15) is 0 Å². The molecule has 1 saturated heterocycles. The maximum Gasteiger partial charge on any atom is 0.226 e. The number of rotatable bonds is 6. The van der Waals surface area contributed by atoms with Crippen LogP contribution in [0.4, 0.5) is 17.6 Å². The van der Waals surface area contributed by atoms with Crippen molar-refractivity contribution in [3.8, 4) is 6.07 Å². The molecule has 3 N–H and O–H groups in total. The Kier molecular flexibility index (Phi) is 3.95. The molecule has 2 aliphatic rings. The van der Waals surface area contributed by atoms with Gasteiger partial charge in [0.15, 0.2) is 5.82 Å². The highest BCUT2D eigenvalue weighted by molar-refractivity contribution is 7.16. The highest BCUT2D eigenvalue weighted by atomic mass is 32.1. The third kappa shape index (κ3) is 3.11. The lowest BCUT2D eigenvalue weighted by atomic mass is 10.3. The molecule has 1 aliphatic heterocycles. The number of anilines is 3. The molecule has 1 aliphatic carbocycles. The Hall–Kier alpha value is -2.70. The summed E-state index contributed by atoms with van der Waals surface area (Å²) in [6.07, 6.45) is 0.609. The highest BCUT2D eigenvalue weighted by Gasteiger charge is 2.55. The third-order valence-electron chi connectivity index (χ3n) is 5.38. The second-order valence-electron chi connectivity index (χ2n) is 7.26. The molecule has 5 rings (SSSR count). The van der Waals surface area contributed by atoms with Gasteiger partial charge in [0.25, 0.3) is 0 Å². The molecule has 0 aromatic carbocycles. The minimum Gasteiger partial charge on any atom is -0.351 e. The van der Waals surface area contributed by atoms with E-state index >= 15 is 0 Å². The van der Waals surface area contributed by atoms with Gasteiger partial charge in [-0.3, -0.25) is 5.10 Å². The summed E-state index contributed by atoms with van der Waals surface area (Å²) in [7, 11) is 0. The number of likely N-dealkylation sites (tertiary alicyclic amines) is 1. The fourth-order valence-corrected chi connectivity index (χ4v) is 4.75. The molecule has 3 atom stereocenters. The average Bonchev–Trinajstić information content (AvgIpc) is 3.13. The van der Waals surface area contributed by atoms with Crippen molar-refractivity contribution in [1.29, 1.82) is 5.26 Å². The van der Waals surface area contributed by atoms with Gasteiger partial charge in [0.1, 0.15) is 10.6 Å². The summed E-state index contributed by atoms with van der Waals surface area (Å²) < 4.78 is 0. The van der Waals surface area contributed by atoms with Crippen LogP contribution in [-0.2, 0) is 0 Å². The number of nitriles is 1. The van der Waals surface area contributed by atoms with E-state index in [1.807, 2.05) is 24.4 Å². The van der Waals surface area contributed by atoms with Crippen molar-refractivity contribution in [2.45, 2.75) is 19.4 Å². The van der Waals surface area contributed by atoms with Gasteiger partial charge in [0.2, 0.25) is 5.95 Å². The van der Waals surface area contributed by atoms with Crippen LogP contribution in [0.5, 0.6) is 0 Å². The first-order chi connectivity index (χ1) is 13.2. The van der Waals surface area contributed by atoms with Gasteiger partial charge in [-0.2, -0.15) is 15.3 Å². The van der Waals surface area contributed by atoms with Crippen LogP contribution in [0.25, 0.3) is 10.2 Å². The van der Waals surface area contributed by atoms with Gasteiger partial charge in [-0.15, -0.1) is 11.3 Å². The van der Waals surface area contributed by atoms with E-state index in [4.69, 9.17) is 15.2 Å². The number of nitrogens with one attached hydrogen (secondary N) is 3. The molecule has 0 amide bonds. The number of H-pyrrole nitrogens is 1. The zero-order chi connectivity index (χ0) is 18.4. The van der Waals surface area contributed by atoms with Gasteiger partial charge < -0.3 is 15.5 Å². The summed E-state index contributed by atoms with van der Waals surface area (Å²) in [4.78, 5) is 12.8. The molecule has 2 fully saturated rings. The summed E-state index contributed by atoms with van der Waals surface area (Å²) in [6.45, 7) is 4.97. The van der Waals surface area contributed by atoms with Crippen LogP contribution in [0.3, 0.4) is 0 Å². The lowest BCUT2D eigenvalue weighted by Crippen LogP contribution is -2.29. The number of aromatic nitrogens is 4. The van der Waals surface area contributed by atoms with Crippen molar-refractivity contribution >= 4 is 39.1 Å². The lowest BCUT2D eigenvalue weighted by Gasteiger charge is -2.18. The Morgan fingerprint density at radius 1 is 1.37 bits per heavy atom. The van der Waals surface area contributed by atoms with E-state index in [2.05, 4.69) is 31.8 Å². The minimum absolute atomic E-state index is 0.432. The predicted molar refractivity (Wildman–Crippen MR) is 105 cm³/mol. The second kappa shape index (κ2) is 6.48. The monoisotopic (exact) mass is 380 g/mol. The van der Waals surface area contributed by atoms with Gasteiger partial charge in [0.05, 0.1) is 11.5 Å². The molecule has 1 unspecified atom stereocenters. The number of thiophene rings is 1. The highest BCUT2D eigenvalue weighted by Crippen LogP contribution is 2.47. The van der Waals surface area contributed by atoms with Crippen molar-refractivity contribution in [3.05, 3.63) is 23.2 Å². The smallest absolute Gasteiger partial charge is 0.226 e. The number of nitrogens with zero attached hydrogens (tertiary/aromatic N) is 5. The predicted octanol–water partition coefficient (Wildman–Crippen LogP) is 2.72. The number of aryl methyl sites for hydroxylation is 1. The Balaban J connectivity index is 1.31. The first kappa shape index (κ1) is 16.5. The molecule has 9 heteroatoms. The van der Waals surface area contributed by atoms with Crippen molar-refractivity contribution < 1.29 is 0 Å². The first-order valence-corrected chi connectivity index (χ1v) is 9.99. The molecule has 4 heterocycles. The van der Waals surface area contributed by atoms with Crippen LogP contribution in [-0.4, -0.2) is 50.7 Å². The zero-order valence-electron chi connectivity index (χ0n) is 14.9. The van der Waals surface area contributed by atoms with E-state index in [0.717, 1.165) is 47.2 Å². The van der Waals surface area contributed by atoms with E-state index < -0.39 is 0 Å². The number of aromatic amines is 1. The van der Waals surface area contributed by atoms with E-state index in [-0.39, 0.29) is 0 Å². The normalized spacial score (nSPS) is 23.9. The third-order valence-corrected chi connectivity index (χ3v) is 6.19. The molecule has 0 bridgehead atoms. The number of piperidine rings is 1. The number of fused-ring (bicyclic) bond motifs is 2. The maximum absolute atomic E-state index is 8.74. The van der Waals surface area contributed by atoms with Crippen molar-refractivity contribution in [2.24, 2.45) is 11.8 Å². The topological polar surface area (TPSA) is 106 Å². The van der Waals surface area contributed by atoms with Crippen molar-refractivity contribution in [3.63, 3.8) is 0 Å². The summed E-state index contributed by atoms with van der Waals surface area (Å²) in [6, 6.07) is 6.64. The molecule has 0 radical (unpaired) electrons. The Morgan fingerprint density at radius 3 is 2.96 bits per heavy atom. The van der Waals surface area contributed by atoms with Gasteiger partial charge in [-0.25, -0.2) is 4.98 Å². The molecule has 138 valence electrons. The Morgan fingerprint density at radius 2 is 2.22 bits per heavy atom. The summed E-state index contributed by atoms with van der Waals surface area (Å²) in [5.41, 5.74) is 0.998. The standard InChI is InChI=1S/C18H20N8S/c1-10-7-14(25-24-10)20-16-11-3-6-27-17(11)23-18(22-16)21-15-12-8-26(5-2-4-19)9-13(12)15/h3,6-7,12-13,15H,2,5,8-9H2,1H3,(H3,20,21,22,23,24,25)/t12-,13+,15?. The van der Waals surface area contributed by atoms with Gasteiger partial charge in [-0.05, 0) is 30.2 Å². The number of hydrogen-bond acceptors (Lipinski definition) is 8. The molecule has 0 spiro atoms. The molecule has 3 aromatic heterocycles. The molecule has 3 aromatic rings. The Bertz CT molecular complexity index is 1010. The lowest BCUT2D eigenvalue weighted by molar-refractivity contribution is 0.307. The van der Waals surface area contributed by atoms with E-state index in [1.165, 1.54) is 0 Å². The summed E-state index contributed by atoms with van der Waals surface area (Å²) >= 11 is 1.61. The van der Waals surface area contributed by atoms with Crippen LogP contribution < -0.4 is 10.6 Å². The average molecular weight is 380 g/mol. The SMILES string of the molecule is Cc1cc(Nc2nc(NC3[C@H]4CN(CCC#N)C[C@@H]34)nc3sccc23)n[nH]1. The van der Waals surface area contributed by atoms with Crippen LogP contribution in [0, 0.1) is 30.1 Å². The van der Waals surface area contributed by atoms with Crippen LogP contribution in [0.1, 0.15) is 12.1 Å².